The van der Waals surface area contributed by atoms with E-state index in [0.717, 1.165) is 0 Å². The Hall–Kier alpha value is -1.11. The first-order valence-electron chi connectivity index (χ1n) is 9.68. The molecule has 20 heteroatoms. The van der Waals surface area contributed by atoms with Gasteiger partial charge < -0.3 is 0 Å². The molecule has 0 saturated heterocycles. The Balaban J connectivity index is 6.84. The van der Waals surface area contributed by atoms with Crippen molar-refractivity contribution in [3.63, 3.8) is 0 Å². The van der Waals surface area contributed by atoms with Crippen molar-refractivity contribution < 1.29 is 83.4 Å². The van der Waals surface area contributed by atoms with Gasteiger partial charge in [0.1, 0.15) is 0 Å². The fourth-order valence-electron chi connectivity index (χ4n) is 3.26. The fourth-order valence-corrected chi connectivity index (χ4v) is 6.35. The zero-order valence-corrected chi connectivity index (χ0v) is 19.8. The smallest absolute Gasteiger partial charge is 0.216 e. The highest BCUT2D eigenvalue weighted by molar-refractivity contribution is 6.61. The molecule has 0 amide bonds. The number of hydrogen-bond acceptors (Lipinski definition) is 0. The van der Waals surface area contributed by atoms with E-state index in [0.29, 0.717) is 0 Å². The van der Waals surface area contributed by atoms with E-state index < -0.39 is 85.9 Å². The zero-order chi connectivity index (χ0) is 30.6. The lowest BCUT2D eigenvalue weighted by molar-refractivity contribution is -0.472. The van der Waals surface area contributed by atoms with Crippen molar-refractivity contribution in [3.05, 3.63) is 0 Å². The van der Waals surface area contributed by atoms with Crippen molar-refractivity contribution >= 4 is 8.80 Å². The Bertz CT molecular complexity index is 754. The maximum absolute atomic E-state index is 14.0. The third-order valence-corrected chi connectivity index (χ3v) is 9.26. The average Bonchev–Trinajstić information content (AvgIpc) is 2.63. The van der Waals surface area contributed by atoms with Crippen LogP contribution in [0.25, 0.3) is 0 Å². The van der Waals surface area contributed by atoms with E-state index >= 15 is 0 Å². The van der Waals surface area contributed by atoms with Gasteiger partial charge in [0, 0.05) is 6.42 Å². The predicted octanol–water partition coefficient (Wildman–Crippen LogP) is 9.34. The van der Waals surface area contributed by atoms with Gasteiger partial charge in [0.2, 0.25) is 0 Å². The molecular weight excluding hydrogens is 593 g/mol. The van der Waals surface area contributed by atoms with Crippen molar-refractivity contribution in [1.82, 2.24) is 0 Å². The van der Waals surface area contributed by atoms with Crippen molar-refractivity contribution in [3.8, 4) is 0 Å². The van der Waals surface area contributed by atoms with Gasteiger partial charge in [-0.15, -0.1) is 0 Å². The van der Waals surface area contributed by atoms with Crippen LogP contribution in [-0.4, -0.2) is 62.4 Å². The molecule has 0 N–H and O–H groups in total. The minimum atomic E-state index is -8.97. The van der Waals surface area contributed by atoms with Crippen molar-refractivity contribution in [2.45, 2.75) is 105 Å². The molecule has 0 aromatic heterocycles. The van der Waals surface area contributed by atoms with E-state index in [1.165, 1.54) is 27.7 Å². The van der Waals surface area contributed by atoms with Crippen molar-refractivity contribution in [2.24, 2.45) is 0 Å². The third-order valence-electron chi connectivity index (χ3n) is 5.46. The number of alkyl halides is 19. The topological polar surface area (TPSA) is 0 Å². The highest BCUT2D eigenvalue weighted by Crippen LogP contribution is 2.66. The summed E-state index contributed by atoms with van der Waals surface area (Å²) in [5.41, 5.74) is -9.79. The predicted molar refractivity (Wildman–Crippen MR) is 91.0 cm³/mol. The zero-order valence-electron chi connectivity index (χ0n) is 18.8. The maximum Gasteiger partial charge on any atom is 0.438 e. The van der Waals surface area contributed by atoms with E-state index in [9.17, 15) is 83.4 Å². The second kappa shape index (κ2) is 9.82. The largest absolute Gasteiger partial charge is 0.438 e. The molecule has 0 aromatic carbocycles. The summed E-state index contributed by atoms with van der Waals surface area (Å²) in [6, 6.07) is -1.08. The van der Waals surface area contributed by atoms with Gasteiger partial charge in [-0.05, 0) is 0 Å². The molecular formula is C17H18F19Si. The van der Waals surface area contributed by atoms with Crippen LogP contribution in [0.1, 0.15) is 34.1 Å². The van der Waals surface area contributed by atoms with Crippen LogP contribution in [0.5, 0.6) is 0 Å². The van der Waals surface area contributed by atoms with Crippen molar-refractivity contribution in [2.75, 3.05) is 0 Å². The molecule has 0 heterocycles. The van der Waals surface area contributed by atoms with Gasteiger partial charge in [-0.1, -0.05) is 44.8 Å². The standard InChI is InChI=1S/C17H18F19Si/c1-7(2)37(8(3)4)6-5-9(18,19)11(21,22)13(25,26)15(29,30)14(27,28)12(23,24)10(20,16(31,32)33)17(34,35)36/h7-8H,5-6H2,1-4H3. The molecule has 0 nitrogen and oxygen atoms in total. The lowest BCUT2D eigenvalue weighted by Crippen LogP contribution is -2.77. The molecule has 0 aliphatic carbocycles. The SMILES string of the molecule is CC(C)[Si](CCC(F)(F)C(F)(F)C(F)(F)C(F)(F)C(F)(F)C(F)(F)C(F)(C(F)(F)F)C(F)(F)F)C(C)C. The van der Waals surface area contributed by atoms with Crippen LogP contribution in [0.15, 0.2) is 0 Å². The van der Waals surface area contributed by atoms with Gasteiger partial charge in [0.15, 0.2) is 0 Å². The summed E-state index contributed by atoms with van der Waals surface area (Å²) in [6.07, 6.45) is -19.0. The fraction of sp³-hybridized carbons (Fsp3) is 1.00. The number of rotatable bonds is 11. The summed E-state index contributed by atoms with van der Waals surface area (Å²) < 4.78 is 254. The molecule has 1 radical (unpaired) electrons. The van der Waals surface area contributed by atoms with Gasteiger partial charge in [-0.25, -0.2) is 4.39 Å². The van der Waals surface area contributed by atoms with Gasteiger partial charge in [0.25, 0.3) is 0 Å². The normalized spacial score (nSPS) is 16.4. The molecule has 0 unspecified atom stereocenters. The maximum atomic E-state index is 14.0. The molecule has 0 atom stereocenters. The summed E-state index contributed by atoms with van der Waals surface area (Å²) >= 11 is 0. The first kappa shape index (κ1) is 35.9. The molecule has 0 bridgehead atoms. The van der Waals surface area contributed by atoms with Gasteiger partial charge in [-0.2, -0.15) is 79.0 Å². The van der Waals surface area contributed by atoms with E-state index in [1.807, 2.05) is 0 Å². The number of hydrogen-bond donors (Lipinski definition) is 0. The second-order valence-electron chi connectivity index (χ2n) is 8.61. The summed E-state index contributed by atoms with van der Waals surface area (Å²) in [5.74, 6) is -49.3. The molecule has 223 valence electrons. The first-order chi connectivity index (χ1) is 15.7. The average molecular weight is 611 g/mol. The summed E-state index contributed by atoms with van der Waals surface area (Å²) in [4.78, 5) is 0. The Morgan fingerprint density at radius 1 is 0.432 bits per heavy atom. The molecule has 0 fully saturated rings. The Labute approximate surface area is 198 Å². The first-order valence-corrected chi connectivity index (χ1v) is 11.5. The second-order valence-corrected chi connectivity index (χ2v) is 12.6. The lowest BCUT2D eigenvalue weighted by Gasteiger charge is -2.45. The minimum absolute atomic E-state index is 0.540. The van der Waals surface area contributed by atoms with Crippen LogP contribution in [0, 0.1) is 0 Å². The Morgan fingerprint density at radius 2 is 0.703 bits per heavy atom. The van der Waals surface area contributed by atoms with E-state index in [1.54, 1.807) is 0 Å². The summed E-state index contributed by atoms with van der Waals surface area (Å²) in [5, 5.41) is 0. The monoisotopic (exact) mass is 611 g/mol. The van der Waals surface area contributed by atoms with Gasteiger partial charge >= 0.3 is 53.6 Å². The molecule has 0 saturated carbocycles. The molecule has 0 rings (SSSR count). The Morgan fingerprint density at radius 3 is 0.973 bits per heavy atom. The molecule has 0 aliphatic heterocycles. The quantitative estimate of drug-likeness (QED) is 0.161. The highest BCUT2D eigenvalue weighted by Gasteiger charge is 2.98. The lowest BCUT2D eigenvalue weighted by atomic mass is 9.83. The minimum Gasteiger partial charge on any atom is -0.216 e. The molecule has 0 spiro atoms. The summed E-state index contributed by atoms with van der Waals surface area (Å²) in [6.45, 7) is 5.45. The van der Waals surface area contributed by atoms with Crippen molar-refractivity contribution in [1.29, 1.82) is 0 Å². The third kappa shape index (κ3) is 5.24. The van der Waals surface area contributed by atoms with Gasteiger partial charge in [-0.3, -0.25) is 0 Å². The summed E-state index contributed by atoms with van der Waals surface area (Å²) in [7, 11) is -2.17. The van der Waals surface area contributed by atoms with Crippen LogP contribution in [0.3, 0.4) is 0 Å². The van der Waals surface area contributed by atoms with Crippen LogP contribution >= 0.6 is 0 Å². The van der Waals surface area contributed by atoms with E-state index in [4.69, 9.17) is 0 Å². The van der Waals surface area contributed by atoms with E-state index in [-0.39, 0.29) is 0 Å². The van der Waals surface area contributed by atoms with E-state index in [2.05, 4.69) is 0 Å². The van der Waals surface area contributed by atoms with Crippen LogP contribution in [0.4, 0.5) is 83.4 Å². The van der Waals surface area contributed by atoms with Crippen LogP contribution in [-0.2, 0) is 0 Å². The number of halogens is 19. The molecule has 37 heavy (non-hydrogen) atoms. The van der Waals surface area contributed by atoms with Crippen LogP contribution < -0.4 is 0 Å². The van der Waals surface area contributed by atoms with Gasteiger partial charge in [0.05, 0.1) is 8.80 Å². The van der Waals surface area contributed by atoms with Crippen LogP contribution in [0.2, 0.25) is 17.1 Å². The molecule has 0 aliphatic rings. The Kier molecular flexibility index (Phi) is 9.52. The molecule has 0 aromatic rings. The highest BCUT2D eigenvalue weighted by atomic mass is 28.3.